The smallest absolute Gasteiger partial charge is 0.272 e. The number of rotatable bonds is 4. The second-order valence-electron chi connectivity index (χ2n) is 5.19. The van der Waals surface area contributed by atoms with E-state index in [4.69, 9.17) is 10.5 Å². The number of likely N-dealkylation sites (tertiary alicyclic amines) is 1. The molecule has 1 aromatic rings. The van der Waals surface area contributed by atoms with E-state index in [1.807, 2.05) is 0 Å². The number of carbonyl (C=O) groups is 1. The summed E-state index contributed by atoms with van der Waals surface area (Å²) >= 11 is 0. The van der Waals surface area contributed by atoms with E-state index >= 15 is 0 Å². The van der Waals surface area contributed by atoms with Crippen molar-refractivity contribution in [3.63, 3.8) is 0 Å². The normalized spacial score (nSPS) is 21.7. The fourth-order valence-electron chi connectivity index (χ4n) is 2.66. The fourth-order valence-corrected chi connectivity index (χ4v) is 2.66. The fraction of sp³-hybridized carbons (Fsp3) is 0.500. The molecule has 2 rings (SSSR count). The molecule has 1 fully saturated rings. The van der Waals surface area contributed by atoms with Gasteiger partial charge in [0.15, 0.2) is 0 Å². The molecule has 0 aliphatic carbocycles. The lowest BCUT2D eigenvalue weighted by Crippen LogP contribution is -2.51. The van der Waals surface area contributed by atoms with E-state index in [1.165, 1.54) is 4.90 Å². The van der Waals surface area contributed by atoms with Gasteiger partial charge in [0.1, 0.15) is 5.82 Å². The third-order valence-electron chi connectivity index (χ3n) is 3.93. The highest BCUT2D eigenvalue weighted by atomic mass is 19.1. The number of hydrogen-bond acceptors (Lipinski definition) is 5. The lowest BCUT2D eigenvalue weighted by molar-refractivity contribution is -0.385. The van der Waals surface area contributed by atoms with Crippen molar-refractivity contribution in [2.75, 3.05) is 20.2 Å². The zero-order valence-electron chi connectivity index (χ0n) is 12.2. The van der Waals surface area contributed by atoms with Gasteiger partial charge < -0.3 is 15.4 Å². The molecule has 7 nitrogen and oxygen atoms in total. The van der Waals surface area contributed by atoms with Crippen molar-refractivity contribution in [2.24, 2.45) is 5.73 Å². The van der Waals surface area contributed by atoms with Crippen LogP contribution in [0.1, 0.15) is 23.2 Å². The summed E-state index contributed by atoms with van der Waals surface area (Å²) in [4.78, 5) is 23.9. The predicted molar refractivity (Wildman–Crippen MR) is 77.0 cm³/mol. The van der Waals surface area contributed by atoms with Gasteiger partial charge in [-0.3, -0.25) is 14.9 Å². The van der Waals surface area contributed by atoms with Crippen LogP contribution in [0, 0.1) is 15.9 Å². The van der Waals surface area contributed by atoms with Crippen LogP contribution in [0.2, 0.25) is 0 Å². The molecule has 1 saturated heterocycles. The van der Waals surface area contributed by atoms with E-state index in [9.17, 15) is 19.3 Å². The van der Waals surface area contributed by atoms with Crippen LogP contribution in [0.5, 0.6) is 0 Å². The van der Waals surface area contributed by atoms with E-state index < -0.39 is 16.6 Å². The van der Waals surface area contributed by atoms with Gasteiger partial charge in [-0.1, -0.05) is 0 Å². The van der Waals surface area contributed by atoms with E-state index in [1.54, 1.807) is 7.11 Å². The molecule has 0 spiro atoms. The molecule has 1 heterocycles. The number of nitro groups is 1. The van der Waals surface area contributed by atoms with Crippen LogP contribution < -0.4 is 5.73 Å². The molecular formula is C14H18FN3O4. The summed E-state index contributed by atoms with van der Waals surface area (Å²) in [6.45, 7) is 0.663. The van der Waals surface area contributed by atoms with E-state index in [-0.39, 0.29) is 29.9 Å². The van der Waals surface area contributed by atoms with E-state index in [0.29, 0.717) is 19.4 Å². The van der Waals surface area contributed by atoms with Crippen LogP contribution in [0.25, 0.3) is 0 Å². The minimum atomic E-state index is -0.899. The minimum Gasteiger partial charge on any atom is -0.381 e. The average molecular weight is 311 g/mol. The standard InChI is InChI=1S/C14H18FN3O4/c1-22-11-4-5-17(10(6-11)8-16)14(19)12-3-2-9(18(20)21)7-13(12)15/h2-3,7,10-11H,4-6,8,16H2,1H3. The Morgan fingerprint density at radius 1 is 1.59 bits per heavy atom. The molecule has 0 radical (unpaired) electrons. The lowest BCUT2D eigenvalue weighted by Gasteiger charge is -2.38. The number of ether oxygens (including phenoxy) is 1. The summed E-state index contributed by atoms with van der Waals surface area (Å²) in [6, 6.07) is 2.79. The van der Waals surface area contributed by atoms with E-state index in [2.05, 4.69) is 0 Å². The summed E-state index contributed by atoms with van der Waals surface area (Å²) in [5.41, 5.74) is 5.13. The van der Waals surface area contributed by atoms with Crippen molar-refractivity contribution >= 4 is 11.6 Å². The summed E-state index contributed by atoms with van der Waals surface area (Å²) in [7, 11) is 1.60. The number of carbonyl (C=O) groups excluding carboxylic acids is 1. The van der Waals surface area contributed by atoms with Gasteiger partial charge in [-0.05, 0) is 18.9 Å². The highest BCUT2D eigenvalue weighted by Gasteiger charge is 2.32. The summed E-state index contributed by atoms with van der Waals surface area (Å²) < 4.78 is 19.3. The number of piperidine rings is 1. The van der Waals surface area contributed by atoms with Crippen molar-refractivity contribution in [3.8, 4) is 0 Å². The van der Waals surface area contributed by atoms with Crippen molar-refractivity contribution in [1.29, 1.82) is 0 Å². The van der Waals surface area contributed by atoms with Crippen LogP contribution in [0.3, 0.4) is 0 Å². The Bertz CT molecular complexity index is 581. The number of nitrogens with two attached hydrogens (primary N) is 1. The molecule has 1 amide bonds. The number of hydrogen-bond donors (Lipinski definition) is 1. The second kappa shape index (κ2) is 6.80. The topological polar surface area (TPSA) is 98.7 Å². The van der Waals surface area contributed by atoms with Gasteiger partial charge in [0.05, 0.1) is 22.7 Å². The number of amides is 1. The third-order valence-corrected chi connectivity index (χ3v) is 3.93. The Morgan fingerprint density at radius 3 is 2.86 bits per heavy atom. The van der Waals surface area contributed by atoms with Crippen LogP contribution in [0.15, 0.2) is 18.2 Å². The van der Waals surface area contributed by atoms with Gasteiger partial charge in [-0.25, -0.2) is 4.39 Å². The molecule has 1 aliphatic heterocycles. The van der Waals surface area contributed by atoms with Crippen LogP contribution in [0.4, 0.5) is 10.1 Å². The van der Waals surface area contributed by atoms with E-state index in [0.717, 1.165) is 18.2 Å². The molecule has 0 saturated carbocycles. The van der Waals surface area contributed by atoms with Crippen LogP contribution in [-0.4, -0.2) is 48.1 Å². The van der Waals surface area contributed by atoms with Crippen molar-refractivity contribution in [1.82, 2.24) is 4.90 Å². The molecule has 120 valence electrons. The van der Waals surface area contributed by atoms with Crippen LogP contribution in [-0.2, 0) is 4.74 Å². The minimum absolute atomic E-state index is 0.0271. The van der Waals surface area contributed by atoms with Crippen LogP contribution >= 0.6 is 0 Å². The number of benzene rings is 1. The SMILES string of the molecule is COC1CCN(C(=O)c2ccc([N+](=O)[O-])cc2F)C(CN)C1. The summed E-state index contributed by atoms with van der Waals surface area (Å²) in [6.07, 6.45) is 1.26. The Balaban J connectivity index is 2.22. The Kier molecular flexibility index (Phi) is 5.04. The third kappa shape index (κ3) is 3.23. The lowest BCUT2D eigenvalue weighted by atomic mass is 9.98. The molecule has 1 aromatic carbocycles. The van der Waals surface area contributed by atoms with Gasteiger partial charge in [0, 0.05) is 32.3 Å². The highest BCUT2D eigenvalue weighted by molar-refractivity contribution is 5.95. The van der Waals surface area contributed by atoms with Gasteiger partial charge in [-0.2, -0.15) is 0 Å². The Morgan fingerprint density at radius 2 is 2.32 bits per heavy atom. The molecule has 0 aromatic heterocycles. The first-order valence-electron chi connectivity index (χ1n) is 6.95. The molecule has 2 atom stereocenters. The maximum absolute atomic E-state index is 14.0. The first kappa shape index (κ1) is 16.3. The second-order valence-corrected chi connectivity index (χ2v) is 5.19. The Hall–Kier alpha value is -2.06. The first-order chi connectivity index (χ1) is 10.5. The quantitative estimate of drug-likeness (QED) is 0.667. The van der Waals surface area contributed by atoms with Gasteiger partial charge in [0.2, 0.25) is 0 Å². The van der Waals surface area contributed by atoms with Gasteiger partial charge >= 0.3 is 0 Å². The van der Waals surface area contributed by atoms with Gasteiger partial charge in [0.25, 0.3) is 11.6 Å². The molecule has 0 bridgehead atoms. The first-order valence-corrected chi connectivity index (χ1v) is 6.95. The molecule has 1 aliphatic rings. The molecule has 22 heavy (non-hydrogen) atoms. The summed E-state index contributed by atoms with van der Waals surface area (Å²) in [5.74, 6) is -1.40. The van der Waals surface area contributed by atoms with Crippen molar-refractivity contribution < 1.29 is 18.8 Å². The maximum atomic E-state index is 14.0. The maximum Gasteiger partial charge on any atom is 0.272 e. The van der Waals surface area contributed by atoms with Crippen molar-refractivity contribution in [2.45, 2.75) is 25.0 Å². The highest BCUT2D eigenvalue weighted by Crippen LogP contribution is 2.24. The predicted octanol–water partition coefficient (Wildman–Crippen LogP) is 1.31. The zero-order valence-corrected chi connectivity index (χ0v) is 12.2. The Labute approximate surface area is 127 Å². The van der Waals surface area contributed by atoms with Crippen molar-refractivity contribution in [3.05, 3.63) is 39.7 Å². The number of non-ortho nitro benzene ring substituents is 1. The number of halogens is 1. The monoisotopic (exact) mass is 311 g/mol. The van der Waals surface area contributed by atoms with Gasteiger partial charge in [-0.15, -0.1) is 0 Å². The average Bonchev–Trinajstić information content (AvgIpc) is 2.53. The molecule has 8 heteroatoms. The molecule has 2 N–H and O–H groups in total. The molecule has 2 unspecified atom stereocenters. The largest absolute Gasteiger partial charge is 0.381 e. The zero-order chi connectivity index (χ0) is 16.3. The molecular weight excluding hydrogens is 293 g/mol. The summed E-state index contributed by atoms with van der Waals surface area (Å²) in [5, 5.41) is 10.6. The number of methoxy groups -OCH3 is 1. The number of nitro benzene ring substituents is 1. The number of nitrogens with zero attached hydrogens (tertiary/aromatic N) is 2.